The SMILES string of the molecule is CS(=S)c1ccc(N)cc1. The lowest BCUT2D eigenvalue weighted by molar-refractivity contribution is 1.46. The van der Waals surface area contributed by atoms with Gasteiger partial charge in [0.05, 0.1) is 0 Å². The Labute approximate surface area is 67.8 Å². The Morgan fingerprint density at radius 2 is 1.80 bits per heavy atom. The Morgan fingerprint density at radius 3 is 2.20 bits per heavy atom. The molecule has 1 nitrogen and oxygen atoms in total. The van der Waals surface area contributed by atoms with Crippen molar-refractivity contribution < 1.29 is 0 Å². The van der Waals surface area contributed by atoms with E-state index in [1.807, 2.05) is 30.5 Å². The van der Waals surface area contributed by atoms with Gasteiger partial charge in [-0.1, -0.05) is 9.45 Å². The summed E-state index contributed by atoms with van der Waals surface area (Å²) in [7, 11) is -0.0594. The molecule has 0 saturated carbocycles. The van der Waals surface area contributed by atoms with Crippen molar-refractivity contribution in [1.29, 1.82) is 0 Å². The quantitative estimate of drug-likeness (QED) is 0.645. The second kappa shape index (κ2) is 3.12. The van der Waals surface area contributed by atoms with Crippen molar-refractivity contribution in [2.45, 2.75) is 4.90 Å². The number of nitrogen functional groups attached to an aromatic ring is 1. The molecule has 0 heterocycles. The largest absolute Gasteiger partial charge is 0.399 e. The lowest BCUT2D eigenvalue weighted by Gasteiger charge is -1.97. The zero-order chi connectivity index (χ0) is 7.56. The topological polar surface area (TPSA) is 26.0 Å². The van der Waals surface area contributed by atoms with Crippen molar-refractivity contribution >= 4 is 26.3 Å². The van der Waals surface area contributed by atoms with Crippen molar-refractivity contribution in [3.05, 3.63) is 24.3 Å². The van der Waals surface area contributed by atoms with Crippen molar-refractivity contribution in [3.63, 3.8) is 0 Å². The molecule has 0 aromatic heterocycles. The minimum absolute atomic E-state index is 0.0594. The molecule has 1 rings (SSSR count). The molecule has 0 aliphatic carbocycles. The molecule has 1 unspecified atom stereocenters. The second-order valence-corrected chi connectivity index (χ2v) is 4.90. The first-order valence-corrected chi connectivity index (χ1v) is 5.45. The minimum Gasteiger partial charge on any atom is -0.399 e. The molecule has 0 fully saturated rings. The molecule has 2 N–H and O–H groups in total. The fourth-order valence-corrected chi connectivity index (χ4v) is 1.51. The Balaban J connectivity index is 3.00. The van der Waals surface area contributed by atoms with Crippen LogP contribution in [0.3, 0.4) is 0 Å². The number of benzene rings is 1. The first kappa shape index (κ1) is 7.69. The van der Waals surface area contributed by atoms with Crippen LogP contribution in [0.1, 0.15) is 0 Å². The van der Waals surface area contributed by atoms with Crippen LogP contribution in [-0.4, -0.2) is 6.26 Å². The van der Waals surface area contributed by atoms with Crippen molar-refractivity contribution in [2.24, 2.45) is 0 Å². The summed E-state index contributed by atoms with van der Waals surface area (Å²) in [5.74, 6) is 0. The van der Waals surface area contributed by atoms with Gasteiger partial charge in [-0.3, -0.25) is 0 Å². The van der Waals surface area contributed by atoms with Gasteiger partial charge in [-0.25, -0.2) is 0 Å². The maximum absolute atomic E-state index is 5.50. The maximum atomic E-state index is 5.50. The monoisotopic (exact) mass is 171 g/mol. The molecule has 0 amide bonds. The highest BCUT2D eigenvalue weighted by Gasteiger charge is 1.90. The van der Waals surface area contributed by atoms with Gasteiger partial charge in [0, 0.05) is 10.6 Å². The molecule has 3 heteroatoms. The number of hydrogen-bond donors (Lipinski definition) is 1. The lowest BCUT2D eigenvalue weighted by atomic mass is 10.3. The molecule has 0 radical (unpaired) electrons. The third-order valence-electron chi connectivity index (χ3n) is 1.21. The van der Waals surface area contributed by atoms with Crippen LogP contribution in [0, 0.1) is 0 Å². The van der Waals surface area contributed by atoms with Gasteiger partial charge in [0.15, 0.2) is 0 Å². The molecule has 10 heavy (non-hydrogen) atoms. The van der Waals surface area contributed by atoms with E-state index < -0.39 is 0 Å². The molecule has 1 aromatic rings. The minimum atomic E-state index is -0.0594. The maximum Gasteiger partial charge on any atom is 0.0314 e. The van der Waals surface area contributed by atoms with Crippen molar-refractivity contribution in [1.82, 2.24) is 0 Å². The van der Waals surface area contributed by atoms with Gasteiger partial charge >= 0.3 is 0 Å². The Bertz CT molecular complexity index is 240. The van der Waals surface area contributed by atoms with Crippen LogP contribution in [-0.2, 0) is 20.6 Å². The van der Waals surface area contributed by atoms with Crippen LogP contribution >= 0.6 is 0 Å². The number of hydrogen-bond acceptors (Lipinski definition) is 2. The Kier molecular flexibility index (Phi) is 2.40. The highest BCUT2D eigenvalue weighted by molar-refractivity contribution is 8.28. The van der Waals surface area contributed by atoms with Crippen molar-refractivity contribution in [3.8, 4) is 0 Å². The lowest BCUT2D eigenvalue weighted by Crippen LogP contribution is -1.87. The predicted octanol–water partition coefficient (Wildman–Crippen LogP) is 1.34. The number of anilines is 1. The van der Waals surface area contributed by atoms with E-state index in [1.165, 1.54) is 4.90 Å². The van der Waals surface area contributed by atoms with E-state index in [1.54, 1.807) is 0 Å². The summed E-state index contributed by atoms with van der Waals surface area (Å²) in [6, 6.07) is 7.72. The molecule has 0 spiro atoms. The fraction of sp³-hybridized carbons (Fsp3) is 0.143. The average Bonchev–Trinajstić information content (AvgIpc) is 1.88. The zero-order valence-electron chi connectivity index (χ0n) is 5.70. The predicted molar refractivity (Wildman–Crippen MR) is 49.8 cm³/mol. The van der Waals surface area contributed by atoms with Gasteiger partial charge in [-0.15, -0.1) is 0 Å². The highest BCUT2D eigenvalue weighted by atomic mass is 32.8. The van der Waals surface area contributed by atoms with E-state index in [-0.39, 0.29) is 9.45 Å². The van der Waals surface area contributed by atoms with E-state index in [0.29, 0.717) is 0 Å². The summed E-state index contributed by atoms with van der Waals surface area (Å²) in [5, 5.41) is 0. The molecular formula is C7H9NS2. The van der Waals surface area contributed by atoms with Crippen LogP contribution in [0.15, 0.2) is 29.2 Å². The van der Waals surface area contributed by atoms with Gasteiger partial charge in [0.2, 0.25) is 0 Å². The molecule has 1 aromatic carbocycles. The van der Waals surface area contributed by atoms with E-state index in [4.69, 9.17) is 16.9 Å². The first-order valence-electron chi connectivity index (χ1n) is 2.89. The first-order chi connectivity index (χ1) is 4.70. The van der Waals surface area contributed by atoms with Crippen LogP contribution in [0.5, 0.6) is 0 Å². The van der Waals surface area contributed by atoms with E-state index >= 15 is 0 Å². The summed E-state index contributed by atoms with van der Waals surface area (Å²) in [6.07, 6.45) is 2.01. The summed E-state index contributed by atoms with van der Waals surface area (Å²) < 4.78 is 0. The van der Waals surface area contributed by atoms with Crippen LogP contribution < -0.4 is 5.73 Å². The van der Waals surface area contributed by atoms with Gasteiger partial charge < -0.3 is 5.73 Å². The summed E-state index contributed by atoms with van der Waals surface area (Å²) in [6.45, 7) is 0. The summed E-state index contributed by atoms with van der Waals surface area (Å²) in [5.41, 5.74) is 6.29. The molecule has 1 atom stereocenters. The van der Waals surface area contributed by atoms with Crippen molar-refractivity contribution in [2.75, 3.05) is 12.0 Å². The standard InChI is InChI=1S/C7H9NS2/c1-10(9)7-4-2-6(8)3-5-7/h2-5H,8H2,1H3. The summed E-state index contributed by atoms with van der Waals surface area (Å²) >= 11 is 5.08. The Morgan fingerprint density at radius 1 is 1.30 bits per heavy atom. The fourth-order valence-electron chi connectivity index (χ4n) is 0.659. The second-order valence-electron chi connectivity index (χ2n) is 2.02. The van der Waals surface area contributed by atoms with Crippen LogP contribution in [0.25, 0.3) is 0 Å². The highest BCUT2D eigenvalue weighted by Crippen LogP contribution is 2.07. The zero-order valence-corrected chi connectivity index (χ0v) is 7.34. The number of rotatable bonds is 1. The van der Waals surface area contributed by atoms with Crippen LogP contribution in [0.2, 0.25) is 0 Å². The van der Waals surface area contributed by atoms with Gasteiger partial charge in [-0.2, -0.15) is 0 Å². The molecule has 0 aliphatic rings. The van der Waals surface area contributed by atoms with E-state index in [0.717, 1.165) is 5.69 Å². The van der Waals surface area contributed by atoms with E-state index in [9.17, 15) is 0 Å². The van der Waals surface area contributed by atoms with Gasteiger partial charge in [0.25, 0.3) is 0 Å². The smallest absolute Gasteiger partial charge is 0.0314 e. The van der Waals surface area contributed by atoms with Gasteiger partial charge in [-0.05, 0) is 41.7 Å². The van der Waals surface area contributed by atoms with Crippen LogP contribution in [0.4, 0.5) is 5.69 Å². The summed E-state index contributed by atoms with van der Waals surface area (Å²) in [4.78, 5) is 1.18. The normalized spacial score (nSPS) is 12.9. The number of nitrogens with two attached hydrogens (primary N) is 1. The molecule has 0 saturated heterocycles. The van der Waals surface area contributed by atoms with E-state index in [2.05, 4.69) is 0 Å². The molecular weight excluding hydrogens is 162 g/mol. The third-order valence-corrected chi connectivity index (χ3v) is 2.73. The molecule has 54 valence electrons. The molecule has 0 bridgehead atoms. The average molecular weight is 171 g/mol. The van der Waals surface area contributed by atoms with Gasteiger partial charge in [0.1, 0.15) is 0 Å². The molecule has 0 aliphatic heterocycles. The third kappa shape index (κ3) is 1.78. The Hall–Kier alpha value is -0.410.